The molecular weight excluding hydrogens is 584 g/mol. The molecule has 0 unspecified atom stereocenters. The van der Waals surface area contributed by atoms with Gasteiger partial charge in [-0.05, 0) is 55.3 Å². The Morgan fingerprint density at radius 2 is 0.870 bits per heavy atom. The van der Waals surface area contributed by atoms with Crippen LogP contribution in [0.3, 0.4) is 0 Å². The van der Waals surface area contributed by atoms with E-state index in [0.29, 0.717) is 58.1 Å². The third-order valence-corrected chi connectivity index (χ3v) is 7.37. The van der Waals surface area contributed by atoms with Crippen LogP contribution < -0.4 is 0 Å². The molecule has 0 saturated heterocycles. The SMILES string of the molecule is CCCCc1nnc(-c2cccc(-c3noc(-c4cccc(-c5nc(-c6cccc(-c7nnc(CCCC)o7)c6)no5)c4)n3)c2)o1. The molecule has 0 N–H and O–H groups in total. The summed E-state index contributed by atoms with van der Waals surface area (Å²) in [5.41, 5.74) is 4.51. The van der Waals surface area contributed by atoms with E-state index in [9.17, 15) is 0 Å². The van der Waals surface area contributed by atoms with Crippen molar-refractivity contribution in [3.05, 3.63) is 84.6 Å². The van der Waals surface area contributed by atoms with Gasteiger partial charge in [0.25, 0.3) is 11.8 Å². The Hall–Kier alpha value is -5.78. The molecule has 46 heavy (non-hydrogen) atoms. The van der Waals surface area contributed by atoms with Crippen LogP contribution in [-0.4, -0.2) is 40.7 Å². The maximum atomic E-state index is 5.85. The van der Waals surface area contributed by atoms with Crippen molar-refractivity contribution in [2.45, 2.75) is 52.4 Å². The molecule has 0 saturated carbocycles. The number of hydrogen-bond donors (Lipinski definition) is 0. The molecule has 7 rings (SSSR count). The topological polar surface area (TPSA) is 156 Å². The average molecular weight is 615 g/mol. The second kappa shape index (κ2) is 13.1. The van der Waals surface area contributed by atoms with Crippen molar-refractivity contribution in [3.63, 3.8) is 0 Å². The van der Waals surface area contributed by atoms with Crippen LogP contribution in [0.25, 0.3) is 68.6 Å². The van der Waals surface area contributed by atoms with E-state index in [4.69, 9.17) is 17.9 Å². The van der Waals surface area contributed by atoms with Crippen LogP contribution in [-0.2, 0) is 12.8 Å². The predicted octanol–water partition coefficient (Wildman–Crippen LogP) is 7.91. The summed E-state index contributed by atoms with van der Waals surface area (Å²) in [6.07, 6.45) is 5.64. The number of unbranched alkanes of at least 4 members (excludes halogenated alkanes) is 2. The monoisotopic (exact) mass is 614 g/mol. The third-order valence-electron chi connectivity index (χ3n) is 7.37. The predicted molar refractivity (Wildman–Crippen MR) is 168 cm³/mol. The Balaban J connectivity index is 1.09. The molecule has 12 heteroatoms. The maximum absolute atomic E-state index is 5.85. The third kappa shape index (κ3) is 6.23. The highest BCUT2D eigenvalue weighted by atomic mass is 16.5. The van der Waals surface area contributed by atoms with E-state index in [0.717, 1.165) is 60.8 Å². The highest BCUT2D eigenvalue weighted by molar-refractivity contribution is 5.70. The minimum atomic E-state index is 0.354. The molecule has 0 bridgehead atoms. The van der Waals surface area contributed by atoms with Crippen LogP contribution in [0, 0.1) is 0 Å². The molecule has 0 amide bonds. The van der Waals surface area contributed by atoms with Gasteiger partial charge in [-0.3, -0.25) is 0 Å². The van der Waals surface area contributed by atoms with E-state index in [1.807, 2.05) is 72.8 Å². The first-order valence-electron chi connectivity index (χ1n) is 15.3. The Morgan fingerprint density at radius 3 is 1.30 bits per heavy atom. The first-order valence-corrected chi connectivity index (χ1v) is 15.3. The Labute approximate surface area is 263 Å². The van der Waals surface area contributed by atoms with Gasteiger partial charge >= 0.3 is 0 Å². The Kier molecular flexibility index (Phi) is 8.23. The lowest BCUT2D eigenvalue weighted by Crippen LogP contribution is -1.85. The first kappa shape index (κ1) is 29.0. The summed E-state index contributed by atoms with van der Waals surface area (Å²) in [5.74, 6) is 3.76. The summed E-state index contributed by atoms with van der Waals surface area (Å²) in [7, 11) is 0. The lowest BCUT2D eigenvalue weighted by Gasteiger charge is -1.99. The van der Waals surface area contributed by atoms with Crippen molar-refractivity contribution < 1.29 is 17.9 Å². The molecule has 7 aromatic rings. The van der Waals surface area contributed by atoms with E-state index in [2.05, 4.69) is 54.5 Å². The smallest absolute Gasteiger partial charge is 0.258 e. The second-order valence-corrected chi connectivity index (χ2v) is 10.8. The maximum Gasteiger partial charge on any atom is 0.258 e. The highest BCUT2D eigenvalue weighted by Crippen LogP contribution is 2.30. The van der Waals surface area contributed by atoms with Crippen LogP contribution >= 0.6 is 0 Å². The molecule has 4 aromatic heterocycles. The summed E-state index contributed by atoms with van der Waals surface area (Å²) >= 11 is 0. The van der Waals surface area contributed by atoms with Crippen molar-refractivity contribution in [3.8, 4) is 68.6 Å². The van der Waals surface area contributed by atoms with Crippen LogP contribution in [0.5, 0.6) is 0 Å². The molecule has 0 fully saturated rings. The van der Waals surface area contributed by atoms with Gasteiger partial charge in [-0.2, -0.15) is 9.97 Å². The Bertz CT molecular complexity index is 1930. The number of benzene rings is 3. The zero-order valence-electron chi connectivity index (χ0n) is 25.4. The summed E-state index contributed by atoms with van der Waals surface area (Å²) in [6, 6.07) is 22.7. The van der Waals surface area contributed by atoms with Crippen LogP contribution in [0.15, 0.2) is 90.7 Å². The van der Waals surface area contributed by atoms with Crippen molar-refractivity contribution in [2.75, 3.05) is 0 Å². The van der Waals surface area contributed by atoms with Gasteiger partial charge in [-0.1, -0.05) is 67.3 Å². The van der Waals surface area contributed by atoms with Crippen LogP contribution in [0.1, 0.15) is 51.3 Å². The fraction of sp³-hybridized carbons (Fsp3) is 0.235. The van der Waals surface area contributed by atoms with Crippen LogP contribution in [0.4, 0.5) is 0 Å². The number of nitrogens with zero attached hydrogens (tertiary/aromatic N) is 8. The van der Waals surface area contributed by atoms with Crippen molar-refractivity contribution >= 4 is 0 Å². The molecule has 0 aliphatic heterocycles. The lowest BCUT2D eigenvalue weighted by molar-refractivity contribution is 0.431. The number of aryl methyl sites for hydroxylation is 2. The van der Waals surface area contributed by atoms with Crippen molar-refractivity contribution in [1.82, 2.24) is 40.7 Å². The molecule has 12 nitrogen and oxygen atoms in total. The molecule has 230 valence electrons. The van der Waals surface area contributed by atoms with Gasteiger partial charge in [0.15, 0.2) is 0 Å². The van der Waals surface area contributed by atoms with E-state index < -0.39 is 0 Å². The minimum absolute atomic E-state index is 0.354. The molecule has 0 spiro atoms. The van der Waals surface area contributed by atoms with E-state index >= 15 is 0 Å². The zero-order valence-corrected chi connectivity index (χ0v) is 25.4. The van der Waals surface area contributed by atoms with Gasteiger partial charge in [0.2, 0.25) is 35.2 Å². The van der Waals surface area contributed by atoms with Gasteiger partial charge in [0, 0.05) is 46.2 Å². The summed E-state index contributed by atoms with van der Waals surface area (Å²) in [4.78, 5) is 9.29. The van der Waals surface area contributed by atoms with Crippen LogP contribution in [0.2, 0.25) is 0 Å². The summed E-state index contributed by atoms with van der Waals surface area (Å²) in [6.45, 7) is 4.25. The molecule has 0 aliphatic rings. The molecular formula is C34H30N8O4. The van der Waals surface area contributed by atoms with Gasteiger partial charge in [-0.15, -0.1) is 20.4 Å². The summed E-state index contributed by atoms with van der Waals surface area (Å²) in [5, 5.41) is 25.2. The first-order chi connectivity index (χ1) is 22.7. The minimum Gasteiger partial charge on any atom is -0.421 e. The molecule has 0 atom stereocenters. The van der Waals surface area contributed by atoms with E-state index in [-0.39, 0.29) is 0 Å². The summed E-state index contributed by atoms with van der Waals surface area (Å²) < 4.78 is 23.0. The van der Waals surface area contributed by atoms with Crippen molar-refractivity contribution in [2.24, 2.45) is 0 Å². The van der Waals surface area contributed by atoms with Gasteiger partial charge in [-0.25, -0.2) is 0 Å². The molecule has 4 heterocycles. The van der Waals surface area contributed by atoms with Gasteiger partial charge < -0.3 is 17.9 Å². The second-order valence-electron chi connectivity index (χ2n) is 10.8. The van der Waals surface area contributed by atoms with Gasteiger partial charge in [0.1, 0.15) is 0 Å². The standard InChI is InChI=1S/C34H30N8O4/c1-3-5-16-27-37-39-33(43-27)25-14-7-10-21(18-25)29-35-31(45-41-29)23-12-9-13-24(20-23)32-36-30(42-46-32)22-11-8-15-26(19-22)34-40-38-28(44-34)17-6-4-2/h7-15,18-20H,3-6,16-17H2,1-2H3. The largest absolute Gasteiger partial charge is 0.421 e. The number of rotatable bonds is 12. The van der Waals surface area contributed by atoms with Crippen molar-refractivity contribution in [1.29, 1.82) is 0 Å². The van der Waals surface area contributed by atoms with E-state index in [1.165, 1.54) is 0 Å². The highest BCUT2D eigenvalue weighted by Gasteiger charge is 2.17. The van der Waals surface area contributed by atoms with E-state index in [1.54, 1.807) is 0 Å². The molecule has 0 radical (unpaired) electrons. The Morgan fingerprint density at radius 1 is 0.478 bits per heavy atom. The van der Waals surface area contributed by atoms with Gasteiger partial charge in [0.05, 0.1) is 0 Å². The zero-order chi connectivity index (χ0) is 31.3. The molecule has 0 aliphatic carbocycles. The normalized spacial score (nSPS) is 11.3. The number of hydrogen-bond acceptors (Lipinski definition) is 12. The fourth-order valence-electron chi connectivity index (χ4n) is 4.88. The fourth-order valence-corrected chi connectivity index (χ4v) is 4.88. The average Bonchev–Trinajstić information content (AvgIpc) is 3.94. The molecule has 3 aromatic carbocycles. The number of aromatic nitrogens is 8. The quantitative estimate of drug-likeness (QED) is 0.131. The lowest BCUT2D eigenvalue weighted by atomic mass is 10.1.